The zero-order chi connectivity index (χ0) is 20.1. The van der Waals surface area contributed by atoms with Crippen LogP contribution in [0.15, 0.2) is 29.2 Å². The molecule has 1 aromatic rings. The van der Waals surface area contributed by atoms with Crippen LogP contribution in [0.1, 0.15) is 12.0 Å². The smallest absolute Gasteiger partial charge is 0.404 e. The molecule has 0 saturated carbocycles. The maximum absolute atomic E-state index is 13.3. The molecule has 0 aliphatic heterocycles. The van der Waals surface area contributed by atoms with E-state index in [-0.39, 0.29) is 4.90 Å². The second kappa shape index (κ2) is 8.49. The van der Waals surface area contributed by atoms with E-state index >= 15 is 0 Å². The third-order valence-corrected chi connectivity index (χ3v) is 4.95. The second-order valence-corrected chi connectivity index (χ2v) is 7.08. The van der Waals surface area contributed by atoms with Crippen molar-refractivity contribution in [3.8, 4) is 0 Å². The molecule has 0 bridgehead atoms. The standard InChI is InChI=1S/C15H18F3NO6S/c1-9-4-6-10(7-5-9)26(22,23)19-12(15(16,17)18)8-11(13(20)24-2)14(21)25-3/h4-7,11-12,19H,8H2,1-3H3. The average molecular weight is 397 g/mol. The van der Waals surface area contributed by atoms with E-state index in [2.05, 4.69) is 9.47 Å². The molecule has 0 saturated heterocycles. The number of methoxy groups -OCH3 is 2. The lowest BCUT2D eigenvalue weighted by molar-refractivity contribution is -0.169. The second-order valence-electron chi connectivity index (χ2n) is 5.36. The molecule has 1 atom stereocenters. The first kappa shape index (κ1) is 21.9. The molecular formula is C15H18F3NO6S. The van der Waals surface area contributed by atoms with Gasteiger partial charge in [-0.1, -0.05) is 17.7 Å². The molecular weight excluding hydrogens is 379 g/mol. The topological polar surface area (TPSA) is 98.8 Å². The number of hydrogen-bond acceptors (Lipinski definition) is 6. The molecule has 0 aliphatic rings. The maximum Gasteiger partial charge on any atom is 0.404 e. The monoisotopic (exact) mass is 397 g/mol. The van der Waals surface area contributed by atoms with Crippen LogP contribution >= 0.6 is 0 Å². The Labute approximate surface area is 148 Å². The van der Waals surface area contributed by atoms with Crippen LogP contribution in [0.4, 0.5) is 13.2 Å². The normalized spacial score (nSPS) is 13.3. The van der Waals surface area contributed by atoms with Gasteiger partial charge in [0.1, 0.15) is 6.04 Å². The van der Waals surface area contributed by atoms with Gasteiger partial charge in [0.25, 0.3) is 0 Å². The zero-order valence-electron chi connectivity index (χ0n) is 14.2. The van der Waals surface area contributed by atoms with Crippen molar-refractivity contribution in [2.24, 2.45) is 5.92 Å². The first-order chi connectivity index (χ1) is 11.9. The van der Waals surface area contributed by atoms with Crippen LogP contribution in [-0.4, -0.2) is 46.8 Å². The summed E-state index contributed by atoms with van der Waals surface area (Å²) < 4.78 is 74.4. The van der Waals surface area contributed by atoms with E-state index in [0.717, 1.165) is 26.4 Å². The van der Waals surface area contributed by atoms with Crippen molar-refractivity contribution in [3.05, 3.63) is 29.8 Å². The quantitative estimate of drug-likeness (QED) is 0.554. The predicted octanol–water partition coefficient (Wildman–Crippen LogP) is 1.56. The SMILES string of the molecule is COC(=O)C(CC(NS(=O)(=O)c1ccc(C)cc1)C(F)(F)F)C(=O)OC. The highest BCUT2D eigenvalue weighted by molar-refractivity contribution is 7.89. The molecule has 0 spiro atoms. The van der Waals surface area contributed by atoms with Crippen LogP contribution < -0.4 is 4.72 Å². The number of ether oxygens (including phenoxy) is 2. The fourth-order valence-electron chi connectivity index (χ4n) is 2.03. The van der Waals surface area contributed by atoms with Crippen molar-refractivity contribution in [1.82, 2.24) is 4.72 Å². The first-order valence-corrected chi connectivity index (χ1v) is 8.72. The minimum atomic E-state index is -5.06. The fourth-order valence-corrected chi connectivity index (χ4v) is 3.27. The summed E-state index contributed by atoms with van der Waals surface area (Å²) in [5.74, 6) is -4.46. The van der Waals surface area contributed by atoms with Gasteiger partial charge in [0.15, 0.2) is 5.92 Å². The number of sulfonamides is 1. The Balaban J connectivity index is 3.16. The van der Waals surface area contributed by atoms with Crippen LogP contribution in [-0.2, 0) is 29.1 Å². The molecule has 1 aromatic carbocycles. The average Bonchev–Trinajstić information content (AvgIpc) is 2.56. The molecule has 0 aromatic heterocycles. The molecule has 1 N–H and O–H groups in total. The molecule has 0 fully saturated rings. The summed E-state index contributed by atoms with van der Waals surface area (Å²) >= 11 is 0. The van der Waals surface area contributed by atoms with Crippen molar-refractivity contribution in [2.75, 3.05) is 14.2 Å². The maximum atomic E-state index is 13.3. The van der Waals surface area contributed by atoms with E-state index in [9.17, 15) is 31.2 Å². The van der Waals surface area contributed by atoms with Gasteiger partial charge in [-0.3, -0.25) is 9.59 Å². The Kier molecular flexibility index (Phi) is 7.16. The highest BCUT2D eigenvalue weighted by Gasteiger charge is 2.46. The number of esters is 2. The number of benzene rings is 1. The molecule has 0 radical (unpaired) electrons. The summed E-state index contributed by atoms with van der Waals surface area (Å²) in [5, 5.41) is 0. The summed E-state index contributed by atoms with van der Waals surface area (Å²) in [6, 6.07) is 2.43. The van der Waals surface area contributed by atoms with E-state index < -0.39 is 46.5 Å². The zero-order valence-corrected chi connectivity index (χ0v) is 15.0. The van der Waals surface area contributed by atoms with Crippen LogP contribution in [0.2, 0.25) is 0 Å². The van der Waals surface area contributed by atoms with E-state index in [1.54, 1.807) is 6.92 Å². The van der Waals surface area contributed by atoms with Crippen molar-refractivity contribution in [2.45, 2.75) is 30.5 Å². The molecule has 1 unspecified atom stereocenters. The number of aryl methyl sites for hydroxylation is 1. The van der Waals surface area contributed by atoms with Gasteiger partial charge in [-0.15, -0.1) is 0 Å². The molecule has 26 heavy (non-hydrogen) atoms. The van der Waals surface area contributed by atoms with E-state index in [1.165, 1.54) is 16.9 Å². The highest BCUT2D eigenvalue weighted by atomic mass is 32.2. The minimum absolute atomic E-state index is 0.384. The Morgan fingerprint density at radius 2 is 1.54 bits per heavy atom. The van der Waals surface area contributed by atoms with Crippen LogP contribution in [0.25, 0.3) is 0 Å². The lowest BCUT2D eigenvalue weighted by Gasteiger charge is -2.24. The summed E-state index contributed by atoms with van der Waals surface area (Å²) in [6.45, 7) is 1.68. The molecule has 0 aliphatic carbocycles. The number of halogens is 3. The van der Waals surface area contributed by atoms with Crippen molar-refractivity contribution in [1.29, 1.82) is 0 Å². The molecule has 0 heterocycles. The number of alkyl halides is 3. The number of carbonyl (C=O) groups excluding carboxylic acids is 2. The van der Waals surface area contributed by atoms with Crippen LogP contribution in [0, 0.1) is 12.8 Å². The van der Waals surface area contributed by atoms with Gasteiger partial charge in [0.2, 0.25) is 10.0 Å². The predicted molar refractivity (Wildman–Crippen MR) is 83.5 cm³/mol. The lowest BCUT2D eigenvalue weighted by Crippen LogP contribution is -2.48. The van der Waals surface area contributed by atoms with E-state index in [0.29, 0.717) is 5.56 Å². The molecule has 11 heteroatoms. The Morgan fingerprint density at radius 1 is 1.08 bits per heavy atom. The van der Waals surface area contributed by atoms with E-state index in [1.807, 2.05) is 0 Å². The molecule has 0 amide bonds. The molecule has 1 rings (SSSR count). The largest absolute Gasteiger partial charge is 0.468 e. The van der Waals surface area contributed by atoms with Gasteiger partial charge in [0, 0.05) is 0 Å². The summed E-state index contributed by atoms with van der Waals surface area (Å²) in [5.41, 5.74) is 0.716. The van der Waals surface area contributed by atoms with Crippen molar-refractivity contribution < 1.29 is 40.7 Å². The van der Waals surface area contributed by atoms with Gasteiger partial charge >= 0.3 is 18.1 Å². The molecule has 146 valence electrons. The number of nitrogens with one attached hydrogen (secondary N) is 1. The van der Waals surface area contributed by atoms with Gasteiger partial charge < -0.3 is 9.47 Å². The van der Waals surface area contributed by atoms with Crippen LogP contribution in [0.3, 0.4) is 0 Å². The lowest BCUT2D eigenvalue weighted by atomic mass is 10.0. The number of rotatable bonds is 7. The third-order valence-electron chi connectivity index (χ3n) is 3.47. The van der Waals surface area contributed by atoms with Gasteiger partial charge in [-0.2, -0.15) is 17.9 Å². The fraction of sp³-hybridized carbons (Fsp3) is 0.467. The van der Waals surface area contributed by atoms with Gasteiger partial charge in [-0.25, -0.2) is 8.42 Å². The van der Waals surface area contributed by atoms with Crippen molar-refractivity contribution >= 4 is 22.0 Å². The Morgan fingerprint density at radius 3 is 1.92 bits per heavy atom. The van der Waals surface area contributed by atoms with Gasteiger partial charge in [-0.05, 0) is 25.5 Å². The minimum Gasteiger partial charge on any atom is -0.468 e. The first-order valence-electron chi connectivity index (χ1n) is 7.23. The van der Waals surface area contributed by atoms with Crippen molar-refractivity contribution in [3.63, 3.8) is 0 Å². The summed E-state index contributed by atoms with van der Waals surface area (Å²) in [6.07, 6.45) is -6.26. The van der Waals surface area contributed by atoms with Crippen LogP contribution in [0.5, 0.6) is 0 Å². The third kappa shape index (κ3) is 5.70. The summed E-state index contributed by atoms with van der Waals surface area (Å²) in [4.78, 5) is 22.8. The molecule has 7 nitrogen and oxygen atoms in total. The Hall–Kier alpha value is -2.14. The number of carbonyl (C=O) groups is 2. The number of hydrogen-bond donors (Lipinski definition) is 1. The Bertz CT molecular complexity index is 730. The van der Waals surface area contributed by atoms with E-state index in [4.69, 9.17) is 0 Å². The van der Waals surface area contributed by atoms with Gasteiger partial charge in [0.05, 0.1) is 19.1 Å². The highest BCUT2D eigenvalue weighted by Crippen LogP contribution is 2.28. The summed E-state index contributed by atoms with van der Waals surface area (Å²) in [7, 11) is -2.77.